The number of urea groups is 1. The highest BCUT2D eigenvalue weighted by Crippen LogP contribution is 2.33. The van der Waals surface area contributed by atoms with Crippen LogP contribution in [0.3, 0.4) is 0 Å². The van der Waals surface area contributed by atoms with Crippen LogP contribution in [-0.4, -0.2) is 19.4 Å². The number of nitrogens with zero attached hydrogens (tertiary/aromatic N) is 1. The third kappa shape index (κ3) is 6.54. The number of hydrogen-bond donors (Lipinski definition) is 2. The maximum Gasteiger partial charge on any atom is 0.339 e. The molecule has 6 nitrogen and oxygen atoms in total. The van der Waals surface area contributed by atoms with Crippen molar-refractivity contribution >= 4 is 49.8 Å². The zero-order valence-electron chi connectivity index (χ0n) is 17.3. The molecule has 0 radical (unpaired) electrons. The Kier molecular flexibility index (Phi) is 8.24. The van der Waals surface area contributed by atoms with Crippen LogP contribution in [0.1, 0.15) is 16.7 Å². The van der Waals surface area contributed by atoms with Gasteiger partial charge in [-0.25, -0.2) is 14.6 Å². The summed E-state index contributed by atoms with van der Waals surface area (Å²) in [4.78, 5) is 12.1. The van der Waals surface area contributed by atoms with Gasteiger partial charge in [0.25, 0.3) is 0 Å². The Morgan fingerprint density at radius 3 is 2.50 bits per heavy atom. The molecule has 2 amide bonds. The van der Waals surface area contributed by atoms with Gasteiger partial charge in [-0.05, 0) is 76.4 Å². The monoisotopic (exact) mass is 563 g/mol. The van der Waals surface area contributed by atoms with E-state index in [2.05, 4.69) is 47.7 Å². The fourth-order valence-corrected chi connectivity index (χ4v) is 3.38. The average molecular weight is 565 g/mol. The van der Waals surface area contributed by atoms with Crippen LogP contribution in [0.2, 0.25) is 0 Å². The molecule has 0 aliphatic rings. The Hall–Kier alpha value is -2.91. The van der Waals surface area contributed by atoms with Crippen LogP contribution >= 0.6 is 31.9 Å². The van der Waals surface area contributed by atoms with Crippen molar-refractivity contribution in [3.63, 3.8) is 0 Å². The molecule has 0 fully saturated rings. The van der Waals surface area contributed by atoms with Gasteiger partial charge in [-0.3, -0.25) is 0 Å². The van der Waals surface area contributed by atoms with Crippen molar-refractivity contribution in [2.75, 3.05) is 12.4 Å². The van der Waals surface area contributed by atoms with E-state index in [1.165, 1.54) is 25.5 Å². The Labute approximate surface area is 202 Å². The van der Waals surface area contributed by atoms with Gasteiger partial charge in [0.05, 0.1) is 13.3 Å². The van der Waals surface area contributed by atoms with E-state index in [9.17, 15) is 9.18 Å². The van der Waals surface area contributed by atoms with E-state index in [1.807, 2.05) is 19.1 Å². The number of carbonyl (C=O) groups is 1. The minimum Gasteiger partial charge on any atom is -0.493 e. The third-order valence-electron chi connectivity index (χ3n) is 4.38. The number of halogens is 3. The lowest BCUT2D eigenvalue weighted by Gasteiger charge is -2.13. The van der Waals surface area contributed by atoms with Crippen molar-refractivity contribution < 1.29 is 18.7 Å². The number of amides is 2. The average Bonchev–Trinajstić information content (AvgIpc) is 2.77. The van der Waals surface area contributed by atoms with Crippen molar-refractivity contribution in [1.82, 2.24) is 5.43 Å². The number of ether oxygens (including phenoxy) is 2. The summed E-state index contributed by atoms with van der Waals surface area (Å²) in [6.07, 6.45) is 1.49. The number of hydrazone groups is 1. The number of methoxy groups -OCH3 is 1. The molecule has 0 spiro atoms. The van der Waals surface area contributed by atoms with Gasteiger partial charge in [-0.15, -0.1) is 0 Å². The zero-order chi connectivity index (χ0) is 23.1. The van der Waals surface area contributed by atoms with Gasteiger partial charge in [0.2, 0.25) is 0 Å². The summed E-state index contributed by atoms with van der Waals surface area (Å²) in [5.41, 5.74) is 5.59. The molecular formula is C23H20Br2FN3O3. The fourth-order valence-electron chi connectivity index (χ4n) is 2.71. The van der Waals surface area contributed by atoms with E-state index in [1.54, 1.807) is 30.3 Å². The highest BCUT2D eigenvalue weighted by atomic mass is 79.9. The molecule has 0 unspecified atom stereocenters. The van der Waals surface area contributed by atoms with E-state index in [-0.39, 0.29) is 12.4 Å². The number of carbonyl (C=O) groups excluding carboxylic acids is 1. The first kappa shape index (κ1) is 23.7. The molecule has 9 heteroatoms. The van der Waals surface area contributed by atoms with Crippen LogP contribution in [0.15, 0.2) is 68.6 Å². The molecule has 0 aromatic heterocycles. The first-order chi connectivity index (χ1) is 15.4. The van der Waals surface area contributed by atoms with Crippen LogP contribution in [0.5, 0.6) is 11.5 Å². The van der Waals surface area contributed by atoms with Crippen molar-refractivity contribution in [1.29, 1.82) is 0 Å². The predicted molar refractivity (Wildman–Crippen MR) is 130 cm³/mol. The molecule has 3 rings (SSSR count). The Balaban J connectivity index is 1.63. The standard InChI is InChI=1S/C23H20Br2FN3O3/c1-14-9-18(7-8-19(14)24)28-23(30)29-27-12-16-10-21(31-2)22(11-20(16)25)32-13-15-3-5-17(26)6-4-15/h3-12H,13H2,1-2H3,(H2,28,29,30)/b27-12+. The van der Waals surface area contributed by atoms with Gasteiger partial charge in [-0.2, -0.15) is 5.10 Å². The van der Waals surface area contributed by atoms with Crippen molar-refractivity contribution in [3.05, 3.63) is 86.1 Å². The summed E-state index contributed by atoms with van der Waals surface area (Å²) in [5, 5.41) is 6.70. The summed E-state index contributed by atoms with van der Waals surface area (Å²) < 4.78 is 25.9. The SMILES string of the molecule is COc1cc(/C=N/NC(=O)Nc2ccc(Br)c(C)c2)c(Br)cc1OCc1ccc(F)cc1. The largest absolute Gasteiger partial charge is 0.493 e. The third-order valence-corrected chi connectivity index (χ3v) is 5.95. The van der Waals surface area contributed by atoms with Gasteiger partial charge >= 0.3 is 6.03 Å². The van der Waals surface area contributed by atoms with Crippen molar-refractivity contribution in [2.24, 2.45) is 5.10 Å². The highest BCUT2D eigenvalue weighted by molar-refractivity contribution is 9.10. The van der Waals surface area contributed by atoms with Gasteiger partial charge in [0, 0.05) is 20.2 Å². The normalized spacial score (nSPS) is 10.8. The number of hydrogen-bond acceptors (Lipinski definition) is 4. The molecule has 0 aliphatic heterocycles. The summed E-state index contributed by atoms with van der Waals surface area (Å²) in [7, 11) is 1.53. The number of nitrogens with one attached hydrogen (secondary N) is 2. The van der Waals surface area contributed by atoms with E-state index in [0.29, 0.717) is 27.2 Å². The van der Waals surface area contributed by atoms with Gasteiger partial charge in [-0.1, -0.05) is 28.1 Å². The maximum absolute atomic E-state index is 13.0. The fraction of sp³-hybridized carbons (Fsp3) is 0.130. The number of rotatable bonds is 7. The van der Waals surface area contributed by atoms with Gasteiger partial charge < -0.3 is 14.8 Å². The highest BCUT2D eigenvalue weighted by Gasteiger charge is 2.10. The van der Waals surface area contributed by atoms with E-state index in [0.717, 1.165) is 15.6 Å². The Morgan fingerprint density at radius 1 is 1.06 bits per heavy atom. The van der Waals surface area contributed by atoms with Crippen LogP contribution < -0.4 is 20.2 Å². The smallest absolute Gasteiger partial charge is 0.339 e. The molecule has 166 valence electrons. The van der Waals surface area contributed by atoms with Gasteiger partial charge in [0.15, 0.2) is 11.5 Å². The van der Waals surface area contributed by atoms with Crippen LogP contribution in [0, 0.1) is 12.7 Å². The molecule has 3 aromatic rings. The molecule has 0 bridgehead atoms. The minimum absolute atomic E-state index is 0.258. The summed E-state index contributed by atoms with van der Waals surface area (Å²) in [6, 6.07) is 14.6. The topological polar surface area (TPSA) is 72.0 Å². The molecule has 0 saturated carbocycles. The molecular weight excluding hydrogens is 545 g/mol. The Bertz CT molecular complexity index is 1140. The second-order valence-electron chi connectivity index (χ2n) is 6.73. The maximum atomic E-state index is 13.0. The van der Waals surface area contributed by atoms with E-state index in [4.69, 9.17) is 9.47 Å². The van der Waals surface area contributed by atoms with Crippen molar-refractivity contribution in [2.45, 2.75) is 13.5 Å². The predicted octanol–water partition coefficient (Wildman–Crippen LogP) is 6.40. The second-order valence-corrected chi connectivity index (χ2v) is 8.44. The molecule has 2 N–H and O–H groups in total. The van der Waals surface area contributed by atoms with Crippen LogP contribution in [-0.2, 0) is 6.61 Å². The molecule has 0 aliphatic carbocycles. The van der Waals surface area contributed by atoms with Crippen molar-refractivity contribution in [3.8, 4) is 11.5 Å². The minimum atomic E-state index is -0.467. The number of benzene rings is 3. The lowest BCUT2D eigenvalue weighted by Crippen LogP contribution is -2.24. The molecule has 0 saturated heterocycles. The summed E-state index contributed by atoms with van der Waals surface area (Å²) in [6.45, 7) is 2.19. The first-order valence-corrected chi connectivity index (χ1v) is 11.1. The van der Waals surface area contributed by atoms with E-state index >= 15 is 0 Å². The second kappa shape index (κ2) is 11.1. The van der Waals surface area contributed by atoms with Crippen LogP contribution in [0.4, 0.5) is 14.9 Å². The first-order valence-electron chi connectivity index (χ1n) is 9.46. The number of anilines is 1. The number of aryl methyl sites for hydroxylation is 1. The lowest BCUT2D eigenvalue weighted by molar-refractivity contribution is 0.252. The van der Waals surface area contributed by atoms with Crippen LogP contribution in [0.25, 0.3) is 0 Å². The lowest BCUT2D eigenvalue weighted by atomic mass is 10.2. The van der Waals surface area contributed by atoms with Gasteiger partial charge in [0.1, 0.15) is 12.4 Å². The zero-order valence-corrected chi connectivity index (χ0v) is 20.5. The quantitative estimate of drug-likeness (QED) is 0.257. The molecule has 32 heavy (non-hydrogen) atoms. The summed E-state index contributed by atoms with van der Waals surface area (Å²) in [5.74, 6) is 0.704. The Morgan fingerprint density at radius 2 is 1.81 bits per heavy atom. The van der Waals surface area contributed by atoms with E-state index < -0.39 is 6.03 Å². The molecule has 0 atom stereocenters. The molecule has 3 aromatic carbocycles. The summed E-state index contributed by atoms with van der Waals surface area (Å²) >= 11 is 6.89. The molecule has 0 heterocycles.